The van der Waals surface area contributed by atoms with Gasteiger partial charge in [0.1, 0.15) is 0 Å². The summed E-state index contributed by atoms with van der Waals surface area (Å²) in [7, 11) is 0. The molecule has 1 unspecified atom stereocenters. The van der Waals surface area contributed by atoms with Crippen molar-refractivity contribution in [1.82, 2.24) is 10.1 Å². The van der Waals surface area contributed by atoms with E-state index < -0.39 is 0 Å². The van der Waals surface area contributed by atoms with Gasteiger partial charge in [0, 0.05) is 11.8 Å². The molecular formula is C10H13N3OS2. The molecule has 2 N–H and O–H groups in total. The topological polar surface area (TPSA) is 64.9 Å². The lowest BCUT2D eigenvalue weighted by Crippen LogP contribution is -2.12. The highest BCUT2D eigenvalue weighted by Crippen LogP contribution is 2.23. The van der Waals surface area contributed by atoms with E-state index in [1.54, 1.807) is 23.1 Å². The van der Waals surface area contributed by atoms with Crippen LogP contribution in [0.3, 0.4) is 0 Å². The first-order valence-electron chi connectivity index (χ1n) is 4.97. The van der Waals surface area contributed by atoms with Gasteiger partial charge in [-0.2, -0.15) is 4.98 Å². The molecule has 2 aromatic heterocycles. The van der Waals surface area contributed by atoms with E-state index in [-0.39, 0.29) is 0 Å². The summed E-state index contributed by atoms with van der Waals surface area (Å²) in [5.74, 6) is 2.05. The monoisotopic (exact) mass is 255 g/mol. The van der Waals surface area contributed by atoms with Crippen LogP contribution in [0.15, 0.2) is 22.0 Å². The largest absolute Gasteiger partial charge is 0.338 e. The average molecular weight is 255 g/mol. The minimum Gasteiger partial charge on any atom is -0.338 e. The van der Waals surface area contributed by atoms with Crippen LogP contribution < -0.4 is 5.73 Å². The molecule has 4 nitrogen and oxygen atoms in total. The van der Waals surface area contributed by atoms with Crippen molar-refractivity contribution in [2.45, 2.75) is 17.9 Å². The Kier molecular flexibility index (Phi) is 3.98. The number of nitrogens with two attached hydrogens (primary N) is 1. The average Bonchev–Trinajstić information content (AvgIpc) is 2.95. The first-order chi connectivity index (χ1) is 7.79. The fourth-order valence-corrected chi connectivity index (χ4v) is 2.43. The highest BCUT2D eigenvalue weighted by Gasteiger charge is 2.10. The van der Waals surface area contributed by atoms with Gasteiger partial charge < -0.3 is 10.3 Å². The van der Waals surface area contributed by atoms with E-state index in [0.717, 1.165) is 10.6 Å². The third-order valence-electron chi connectivity index (χ3n) is 2.03. The molecule has 1 atom stereocenters. The highest BCUT2D eigenvalue weighted by molar-refractivity contribution is 7.99. The Morgan fingerprint density at radius 1 is 1.62 bits per heavy atom. The van der Waals surface area contributed by atoms with Crippen LogP contribution in [0.2, 0.25) is 0 Å². The third kappa shape index (κ3) is 2.84. The second kappa shape index (κ2) is 5.47. The van der Waals surface area contributed by atoms with E-state index in [4.69, 9.17) is 10.3 Å². The molecule has 0 fully saturated rings. The molecule has 16 heavy (non-hydrogen) atoms. The van der Waals surface area contributed by atoms with E-state index in [1.807, 2.05) is 17.5 Å². The summed E-state index contributed by atoms with van der Waals surface area (Å²) in [5.41, 5.74) is 5.53. The minimum absolute atomic E-state index is 0.414. The van der Waals surface area contributed by atoms with Crippen molar-refractivity contribution in [3.05, 3.63) is 23.4 Å². The van der Waals surface area contributed by atoms with Gasteiger partial charge >= 0.3 is 0 Å². The minimum atomic E-state index is 0.414. The molecule has 0 radical (unpaired) electrons. The lowest BCUT2D eigenvalue weighted by Gasteiger charge is -2.03. The van der Waals surface area contributed by atoms with Crippen LogP contribution >= 0.6 is 23.1 Å². The number of rotatable bonds is 5. The quantitative estimate of drug-likeness (QED) is 0.888. The number of hydrogen-bond acceptors (Lipinski definition) is 6. The summed E-state index contributed by atoms with van der Waals surface area (Å²) in [4.78, 5) is 5.36. The molecule has 0 aliphatic rings. The lowest BCUT2D eigenvalue weighted by molar-refractivity contribution is 0.391. The predicted octanol–water partition coefficient (Wildman–Crippen LogP) is 2.38. The summed E-state index contributed by atoms with van der Waals surface area (Å²) >= 11 is 3.33. The molecule has 86 valence electrons. The van der Waals surface area contributed by atoms with Crippen LogP contribution in [0.25, 0.3) is 10.7 Å². The SMILES string of the molecule is CC(CN)SCc1nc(-c2cccs2)no1. The van der Waals surface area contributed by atoms with E-state index in [0.29, 0.717) is 23.5 Å². The Morgan fingerprint density at radius 2 is 2.50 bits per heavy atom. The van der Waals surface area contributed by atoms with Crippen LogP contribution in [0.5, 0.6) is 0 Å². The van der Waals surface area contributed by atoms with Gasteiger partial charge in [-0.15, -0.1) is 23.1 Å². The van der Waals surface area contributed by atoms with Crippen LogP contribution in [-0.2, 0) is 5.75 Å². The smallest absolute Gasteiger partial charge is 0.236 e. The highest BCUT2D eigenvalue weighted by atomic mass is 32.2. The Morgan fingerprint density at radius 3 is 3.19 bits per heavy atom. The van der Waals surface area contributed by atoms with E-state index >= 15 is 0 Å². The molecule has 0 aliphatic heterocycles. The van der Waals surface area contributed by atoms with E-state index in [9.17, 15) is 0 Å². The molecule has 6 heteroatoms. The molecule has 0 aliphatic carbocycles. The first kappa shape index (κ1) is 11.6. The van der Waals surface area contributed by atoms with Gasteiger partial charge in [0.25, 0.3) is 0 Å². The number of nitrogens with zero attached hydrogens (tertiary/aromatic N) is 2. The van der Waals surface area contributed by atoms with Crippen LogP contribution in [0.4, 0.5) is 0 Å². The summed E-state index contributed by atoms with van der Waals surface area (Å²) in [6.07, 6.45) is 0. The van der Waals surface area contributed by atoms with Gasteiger partial charge in [-0.1, -0.05) is 18.1 Å². The van der Waals surface area contributed by atoms with Gasteiger partial charge in [-0.3, -0.25) is 0 Å². The van der Waals surface area contributed by atoms with Gasteiger partial charge in [0.05, 0.1) is 10.6 Å². The van der Waals surface area contributed by atoms with Crippen molar-refractivity contribution in [1.29, 1.82) is 0 Å². The fourth-order valence-electron chi connectivity index (χ4n) is 1.10. The summed E-state index contributed by atoms with van der Waals surface area (Å²) in [6.45, 7) is 2.75. The zero-order valence-electron chi connectivity index (χ0n) is 8.92. The summed E-state index contributed by atoms with van der Waals surface area (Å²) in [5, 5.41) is 6.35. The normalized spacial score (nSPS) is 12.9. The molecule has 0 aromatic carbocycles. The van der Waals surface area contributed by atoms with Crippen molar-refractivity contribution in [2.24, 2.45) is 5.73 Å². The Bertz CT molecular complexity index is 427. The van der Waals surface area contributed by atoms with Crippen molar-refractivity contribution in [3.8, 4) is 10.7 Å². The maximum Gasteiger partial charge on any atom is 0.236 e. The third-order valence-corrected chi connectivity index (χ3v) is 4.07. The van der Waals surface area contributed by atoms with Gasteiger partial charge in [-0.05, 0) is 11.4 Å². The Hall–Kier alpha value is -0.850. The zero-order chi connectivity index (χ0) is 11.4. The van der Waals surface area contributed by atoms with Gasteiger partial charge in [-0.25, -0.2) is 0 Å². The van der Waals surface area contributed by atoms with Crippen LogP contribution in [0, 0.1) is 0 Å². The van der Waals surface area contributed by atoms with E-state index in [2.05, 4.69) is 17.1 Å². The lowest BCUT2D eigenvalue weighted by atomic mass is 10.4. The Balaban J connectivity index is 1.98. The standard InChI is InChI=1S/C10H13N3OS2/c1-7(5-11)16-6-9-12-10(13-14-9)8-3-2-4-15-8/h2-4,7H,5-6,11H2,1H3. The molecule has 0 saturated carbocycles. The van der Waals surface area contributed by atoms with Crippen molar-refractivity contribution in [3.63, 3.8) is 0 Å². The van der Waals surface area contributed by atoms with Crippen molar-refractivity contribution >= 4 is 23.1 Å². The number of aromatic nitrogens is 2. The molecule has 0 bridgehead atoms. The summed E-state index contributed by atoms with van der Waals surface area (Å²) < 4.78 is 5.17. The molecule has 0 spiro atoms. The number of thioether (sulfide) groups is 1. The van der Waals surface area contributed by atoms with Gasteiger partial charge in [0.15, 0.2) is 0 Å². The molecule has 2 rings (SSSR count). The summed E-state index contributed by atoms with van der Waals surface area (Å²) in [6, 6.07) is 3.95. The zero-order valence-corrected chi connectivity index (χ0v) is 10.6. The van der Waals surface area contributed by atoms with Crippen LogP contribution in [0.1, 0.15) is 12.8 Å². The van der Waals surface area contributed by atoms with E-state index in [1.165, 1.54) is 0 Å². The van der Waals surface area contributed by atoms with Crippen LogP contribution in [-0.4, -0.2) is 21.9 Å². The molecule has 0 amide bonds. The van der Waals surface area contributed by atoms with Crippen molar-refractivity contribution in [2.75, 3.05) is 6.54 Å². The molecule has 2 heterocycles. The molecule has 0 saturated heterocycles. The predicted molar refractivity (Wildman–Crippen MR) is 67.4 cm³/mol. The maximum absolute atomic E-state index is 5.53. The number of hydrogen-bond donors (Lipinski definition) is 1. The fraction of sp³-hybridized carbons (Fsp3) is 0.400. The molecule has 2 aromatic rings. The second-order valence-corrected chi connectivity index (χ2v) is 5.72. The second-order valence-electron chi connectivity index (χ2n) is 3.35. The molecular weight excluding hydrogens is 242 g/mol. The maximum atomic E-state index is 5.53. The van der Waals surface area contributed by atoms with Gasteiger partial charge in [0.2, 0.25) is 11.7 Å². The first-order valence-corrected chi connectivity index (χ1v) is 6.90. The number of thiophene rings is 1. The Labute approximate surface area is 102 Å². The van der Waals surface area contributed by atoms with Crippen molar-refractivity contribution < 1.29 is 4.52 Å².